The number of methoxy groups -OCH3 is 1. The highest BCUT2D eigenvalue weighted by molar-refractivity contribution is 5.82. The van der Waals surface area contributed by atoms with E-state index < -0.39 is 18.0 Å². The average Bonchev–Trinajstić information content (AvgIpc) is 2.25. The SMILES string of the molecule is CCOC1CC(NC(=O)NC(COC)C(=O)O)C1. The Hall–Kier alpha value is -1.34. The quantitative estimate of drug-likeness (QED) is 0.596. The Morgan fingerprint density at radius 1 is 1.44 bits per heavy atom. The number of rotatable bonds is 7. The second-order valence-electron chi connectivity index (χ2n) is 4.21. The minimum atomic E-state index is -1.12. The van der Waals surface area contributed by atoms with E-state index in [9.17, 15) is 9.59 Å². The van der Waals surface area contributed by atoms with Crippen LogP contribution >= 0.6 is 0 Å². The topological polar surface area (TPSA) is 96.9 Å². The van der Waals surface area contributed by atoms with E-state index in [0.29, 0.717) is 6.61 Å². The number of aliphatic carboxylic acids is 1. The zero-order valence-electron chi connectivity index (χ0n) is 10.6. The summed E-state index contributed by atoms with van der Waals surface area (Å²) in [6.45, 7) is 2.53. The van der Waals surface area contributed by atoms with E-state index in [-0.39, 0.29) is 18.8 Å². The van der Waals surface area contributed by atoms with Crippen LogP contribution in [0.1, 0.15) is 19.8 Å². The number of carbonyl (C=O) groups is 2. The zero-order valence-corrected chi connectivity index (χ0v) is 10.6. The molecule has 0 aliphatic heterocycles. The third-order valence-electron chi connectivity index (χ3n) is 2.77. The fraction of sp³-hybridized carbons (Fsp3) is 0.818. The van der Waals surface area contributed by atoms with Crippen LogP contribution in [0.15, 0.2) is 0 Å². The van der Waals surface area contributed by atoms with E-state index >= 15 is 0 Å². The first-order valence-electron chi connectivity index (χ1n) is 5.97. The first kappa shape index (κ1) is 14.7. The number of carbonyl (C=O) groups excluding carboxylic acids is 1. The van der Waals surface area contributed by atoms with E-state index in [2.05, 4.69) is 10.6 Å². The fourth-order valence-corrected chi connectivity index (χ4v) is 1.78. The molecule has 0 spiro atoms. The van der Waals surface area contributed by atoms with Crippen LogP contribution in [-0.4, -0.2) is 55.6 Å². The molecule has 0 bridgehead atoms. The van der Waals surface area contributed by atoms with Gasteiger partial charge in [-0.1, -0.05) is 0 Å². The highest BCUT2D eigenvalue weighted by Gasteiger charge is 2.31. The van der Waals surface area contributed by atoms with Gasteiger partial charge in [-0.25, -0.2) is 9.59 Å². The molecule has 18 heavy (non-hydrogen) atoms. The molecule has 0 aromatic heterocycles. The molecule has 0 aromatic rings. The van der Waals surface area contributed by atoms with Crippen LogP contribution in [0.3, 0.4) is 0 Å². The van der Waals surface area contributed by atoms with E-state index in [1.54, 1.807) is 0 Å². The maximum absolute atomic E-state index is 11.5. The molecule has 1 saturated carbocycles. The number of hydrogen-bond donors (Lipinski definition) is 3. The molecule has 0 aromatic carbocycles. The summed E-state index contributed by atoms with van der Waals surface area (Å²) in [5, 5.41) is 13.9. The van der Waals surface area contributed by atoms with Crippen molar-refractivity contribution in [3.63, 3.8) is 0 Å². The van der Waals surface area contributed by atoms with Crippen LogP contribution < -0.4 is 10.6 Å². The van der Waals surface area contributed by atoms with Crippen LogP contribution in [-0.2, 0) is 14.3 Å². The molecular formula is C11H20N2O5. The van der Waals surface area contributed by atoms with Crippen molar-refractivity contribution in [2.45, 2.75) is 38.0 Å². The maximum Gasteiger partial charge on any atom is 0.328 e. The first-order valence-corrected chi connectivity index (χ1v) is 5.97. The standard InChI is InChI=1S/C11H20N2O5/c1-3-18-8-4-7(5-8)12-11(16)13-9(6-17-2)10(14)15/h7-9H,3-6H2,1-2H3,(H,14,15)(H2,12,13,16). The summed E-state index contributed by atoms with van der Waals surface area (Å²) in [6.07, 6.45) is 1.74. The smallest absolute Gasteiger partial charge is 0.328 e. The lowest BCUT2D eigenvalue weighted by molar-refractivity contribution is -0.140. The molecule has 104 valence electrons. The van der Waals surface area contributed by atoms with Gasteiger partial charge in [0.25, 0.3) is 0 Å². The number of carboxylic acids is 1. The molecule has 1 aliphatic rings. The van der Waals surface area contributed by atoms with Crippen molar-refractivity contribution in [2.75, 3.05) is 20.3 Å². The van der Waals surface area contributed by atoms with Crippen molar-refractivity contribution in [1.82, 2.24) is 10.6 Å². The van der Waals surface area contributed by atoms with E-state index in [4.69, 9.17) is 14.6 Å². The summed E-state index contributed by atoms with van der Waals surface area (Å²) in [4.78, 5) is 22.3. The van der Waals surface area contributed by atoms with Crippen molar-refractivity contribution in [2.24, 2.45) is 0 Å². The van der Waals surface area contributed by atoms with Crippen LogP contribution in [0.4, 0.5) is 4.79 Å². The Bertz CT molecular complexity index is 291. The lowest BCUT2D eigenvalue weighted by atomic mass is 9.89. The Morgan fingerprint density at radius 3 is 2.61 bits per heavy atom. The largest absolute Gasteiger partial charge is 0.480 e. The number of ether oxygens (including phenoxy) is 2. The molecule has 1 unspecified atom stereocenters. The predicted octanol–water partition coefficient (Wildman–Crippen LogP) is -0.0473. The minimum Gasteiger partial charge on any atom is -0.480 e. The molecule has 1 atom stereocenters. The first-order chi connectivity index (χ1) is 8.56. The molecule has 7 heteroatoms. The Morgan fingerprint density at radius 2 is 2.11 bits per heavy atom. The summed E-state index contributed by atoms with van der Waals surface area (Å²) in [6, 6.07) is -1.46. The minimum absolute atomic E-state index is 0.0542. The number of urea groups is 1. The number of nitrogens with one attached hydrogen (secondary N) is 2. The third kappa shape index (κ3) is 4.50. The van der Waals surface area contributed by atoms with Gasteiger partial charge in [-0.05, 0) is 19.8 Å². The number of amides is 2. The lowest BCUT2D eigenvalue weighted by Gasteiger charge is -2.35. The molecule has 3 N–H and O–H groups in total. The fourth-order valence-electron chi connectivity index (χ4n) is 1.78. The summed E-state index contributed by atoms with van der Waals surface area (Å²) in [5.41, 5.74) is 0. The molecule has 0 saturated heterocycles. The van der Waals surface area contributed by atoms with Gasteiger partial charge in [-0.3, -0.25) is 0 Å². The monoisotopic (exact) mass is 260 g/mol. The summed E-state index contributed by atoms with van der Waals surface area (Å²) in [7, 11) is 1.38. The Balaban J connectivity index is 2.23. The molecule has 1 aliphatic carbocycles. The van der Waals surface area contributed by atoms with E-state index in [0.717, 1.165) is 12.8 Å². The van der Waals surface area contributed by atoms with Crippen LogP contribution in [0, 0.1) is 0 Å². The van der Waals surface area contributed by atoms with Crippen molar-refractivity contribution >= 4 is 12.0 Å². The van der Waals surface area contributed by atoms with Gasteiger partial charge < -0.3 is 25.2 Å². The second-order valence-corrected chi connectivity index (χ2v) is 4.21. The van der Waals surface area contributed by atoms with Gasteiger partial charge in [0.05, 0.1) is 12.7 Å². The Labute approximate surface area is 106 Å². The second kappa shape index (κ2) is 7.17. The van der Waals surface area contributed by atoms with Crippen molar-refractivity contribution < 1.29 is 24.2 Å². The van der Waals surface area contributed by atoms with Gasteiger partial charge in [-0.15, -0.1) is 0 Å². The molecule has 1 fully saturated rings. The average molecular weight is 260 g/mol. The lowest BCUT2D eigenvalue weighted by Crippen LogP contribution is -2.54. The van der Waals surface area contributed by atoms with Gasteiger partial charge in [0, 0.05) is 19.8 Å². The normalized spacial score (nSPS) is 23.9. The zero-order chi connectivity index (χ0) is 13.5. The van der Waals surface area contributed by atoms with Crippen LogP contribution in [0.2, 0.25) is 0 Å². The molecule has 1 rings (SSSR count). The molecular weight excluding hydrogens is 240 g/mol. The molecule has 0 heterocycles. The summed E-state index contributed by atoms with van der Waals surface area (Å²) >= 11 is 0. The van der Waals surface area contributed by atoms with Gasteiger partial charge in [0.15, 0.2) is 6.04 Å². The summed E-state index contributed by atoms with van der Waals surface area (Å²) < 4.78 is 10.1. The van der Waals surface area contributed by atoms with Crippen LogP contribution in [0.5, 0.6) is 0 Å². The van der Waals surface area contributed by atoms with E-state index in [1.165, 1.54) is 7.11 Å². The van der Waals surface area contributed by atoms with Crippen molar-refractivity contribution in [3.05, 3.63) is 0 Å². The predicted molar refractivity (Wildman–Crippen MR) is 63.4 cm³/mol. The molecule has 7 nitrogen and oxygen atoms in total. The number of hydrogen-bond acceptors (Lipinski definition) is 4. The van der Waals surface area contributed by atoms with Gasteiger partial charge in [0.1, 0.15) is 0 Å². The molecule has 0 radical (unpaired) electrons. The van der Waals surface area contributed by atoms with Crippen LogP contribution in [0.25, 0.3) is 0 Å². The van der Waals surface area contributed by atoms with Gasteiger partial charge >= 0.3 is 12.0 Å². The van der Waals surface area contributed by atoms with Crippen molar-refractivity contribution in [3.8, 4) is 0 Å². The summed E-state index contributed by atoms with van der Waals surface area (Å²) in [5.74, 6) is -1.12. The number of carboxylic acid groups (broad SMARTS) is 1. The molecule has 2 amide bonds. The van der Waals surface area contributed by atoms with E-state index in [1.807, 2.05) is 6.92 Å². The van der Waals surface area contributed by atoms with Gasteiger partial charge in [0.2, 0.25) is 0 Å². The Kier molecular flexibility index (Phi) is 5.87. The maximum atomic E-state index is 11.5. The third-order valence-corrected chi connectivity index (χ3v) is 2.77. The van der Waals surface area contributed by atoms with Crippen molar-refractivity contribution in [1.29, 1.82) is 0 Å². The highest BCUT2D eigenvalue weighted by Crippen LogP contribution is 2.22. The van der Waals surface area contributed by atoms with Gasteiger partial charge in [-0.2, -0.15) is 0 Å². The highest BCUT2D eigenvalue weighted by atomic mass is 16.5.